The van der Waals surface area contributed by atoms with E-state index in [0.717, 1.165) is 32.1 Å². The van der Waals surface area contributed by atoms with Crippen LogP contribution in [0.25, 0.3) is 0 Å². The Morgan fingerprint density at radius 2 is 1.41 bits per heavy atom. The number of carbonyl (C=O) groups is 1. The average Bonchev–Trinajstić information content (AvgIpc) is 3.80. The lowest BCUT2D eigenvalue weighted by atomic mass is 9.55. The Kier molecular flexibility index (Phi) is 14.7. The van der Waals surface area contributed by atoms with Crippen LogP contribution in [0.5, 0.6) is 0 Å². The summed E-state index contributed by atoms with van der Waals surface area (Å²) in [7, 11) is 3.14. The molecule has 0 unspecified atom stereocenters. The lowest BCUT2D eigenvalue weighted by molar-refractivity contribution is -0.356. The number of rotatable bonds is 11. The van der Waals surface area contributed by atoms with E-state index in [-0.39, 0.29) is 60.3 Å². The monoisotopic (exact) mass is 940 g/mol. The zero-order valence-electron chi connectivity index (χ0n) is 39.1. The minimum absolute atomic E-state index is 0.0646. The molecule has 0 amide bonds. The lowest BCUT2D eigenvalue weighted by Crippen LogP contribution is -2.62. The number of fused-ring (bicyclic) bond motifs is 3. The van der Waals surface area contributed by atoms with E-state index in [1.165, 1.54) is 18.3 Å². The van der Waals surface area contributed by atoms with Gasteiger partial charge in [0.05, 0.1) is 74.0 Å². The Balaban J connectivity index is 0.757. The van der Waals surface area contributed by atoms with Crippen LogP contribution in [-0.2, 0) is 66.4 Å². The van der Waals surface area contributed by atoms with Crippen molar-refractivity contribution in [3.05, 3.63) is 23.5 Å². The van der Waals surface area contributed by atoms with Crippen LogP contribution in [-0.4, -0.2) is 181 Å². The molecule has 9 aliphatic rings. The molecule has 24 atom stereocenters. The summed E-state index contributed by atoms with van der Waals surface area (Å²) < 4.78 is 79.9. The molecule has 7 heterocycles. The van der Waals surface area contributed by atoms with Crippen molar-refractivity contribution in [2.75, 3.05) is 27.4 Å². The van der Waals surface area contributed by atoms with E-state index in [9.17, 15) is 30.3 Å². The molecule has 19 nitrogen and oxygen atoms in total. The van der Waals surface area contributed by atoms with Gasteiger partial charge in [-0.05, 0) is 76.2 Å². The van der Waals surface area contributed by atoms with Crippen molar-refractivity contribution in [2.45, 2.75) is 215 Å². The van der Waals surface area contributed by atoms with Gasteiger partial charge in [-0.3, -0.25) is 4.79 Å². The molecule has 0 aromatic rings. The number of ether oxygens (including phenoxy) is 13. The summed E-state index contributed by atoms with van der Waals surface area (Å²) >= 11 is 0. The molecular formula is C47H72O19. The van der Waals surface area contributed by atoms with Crippen molar-refractivity contribution in [3.8, 4) is 0 Å². The second kappa shape index (κ2) is 19.7. The molecule has 0 radical (unpaired) electrons. The van der Waals surface area contributed by atoms with E-state index in [2.05, 4.69) is 13.0 Å². The first kappa shape index (κ1) is 49.1. The molecule has 19 heteroatoms. The maximum atomic E-state index is 13.8. The van der Waals surface area contributed by atoms with Crippen molar-refractivity contribution < 1.29 is 91.9 Å². The quantitative estimate of drug-likeness (QED) is 0.147. The third-order valence-corrected chi connectivity index (χ3v) is 16.3. The molecule has 9 rings (SSSR count). The molecule has 5 N–H and O–H groups in total. The summed E-state index contributed by atoms with van der Waals surface area (Å²) in [6, 6.07) is 0. The smallest absolute Gasteiger partial charge is 0.309 e. The second-order valence-corrected chi connectivity index (χ2v) is 20.4. The van der Waals surface area contributed by atoms with Gasteiger partial charge in [0.2, 0.25) is 5.79 Å². The van der Waals surface area contributed by atoms with Crippen molar-refractivity contribution >= 4 is 5.97 Å². The molecule has 2 aliphatic carbocycles. The number of esters is 1. The van der Waals surface area contributed by atoms with Crippen LogP contribution in [0.3, 0.4) is 0 Å². The van der Waals surface area contributed by atoms with Crippen molar-refractivity contribution in [2.24, 2.45) is 23.2 Å². The van der Waals surface area contributed by atoms with E-state index >= 15 is 0 Å². The molecule has 0 aromatic carbocycles. The highest BCUT2D eigenvalue weighted by Crippen LogP contribution is 2.57. The standard InChI is InChI=1S/C47H72O19/c1-21-41(64-36-17-31(55-7)43(23(3)60-36)66-45-40(52)39(51)38(50)32(18-48)63-45)29(49)15-34(58-21)65-42-22(2)59-35(16-30(42)54-6)61-26-12-13-46(4)25(14-26)9-10-27-28(46)11-8-24-19-56-47(5)37(24)33(20-57-47)62-44(27)53/h9,19,21-23,26-43,45,48-52H,8,10-18,20H2,1-7H3/t21-,22-,23+,26+,27-,28+,29+,30-,31-,32-,33-,34+,35+,36+,37-,38-,39+,40-,41-,42-,43+,45+,46+,47+/m1/s1. The van der Waals surface area contributed by atoms with E-state index in [4.69, 9.17) is 61.6 Å². The average molecular weight is 941 g/mol. The number of aliphatic hydroxyl groups is 5. The fourth-order valence-corrected chi connectivity index (χ4v) is 12.5. The van der Waals surface area contributed by atoms with E-state index in [0.29, 0.717) is 19.4 Å². The van der Waals surface area contributed by atoms with Crippen molar-refractivity contribution in [3.63, 3.8) is 0 Å². The Labute approximate surface area is 386 Å². The number of methoxy groups -OCH3 is 2. The molecule has 7 fully saturated rings. The first-order chi connectivity index (χ1) is 31.5. The van der Waals surface area contributed by atoms with Gasteiger partial charge in [-0.1, -0.05) is 18.6 Å². The first-order valence-electron chi connectivity index (χ1n) is 24.1. The molecule has 0 bridgehead atoms. The van der Waals surface area contributed by atoms with Crippen LogP contribution in [0.2, 0.25) is 0 Å². The Morgan fingerprint density at radius 1 is 0.773 bits per heavy atom. The van der Waals surface area contributed by atoms with Gasteiger partial charge in [-0.25, -0.2) is 0 Å². The number of allylic oxidation sites excluding steroid dienone is 1. The predicted octanol–water partition coefficient (Wildman–Crippen LogP) is 1.86. The maximum absolute atomic E-state index is 13.8. The molecule has 0 spiro atoms. The molecular weight excluding hydrogens is 868 g/mol. The highest BCUT2D eigenvalue weighted by molar-refractivity contribution is 5.74. The number of hydrogen-bond acceptors (Lipinski definition) is 19. The summed E-state index contributed by atoms with van der Waals surface area (Å²) in [5.74, 6) is -1.03. The zero-order valence-corrected chi connectivity index (χ0v) is 39.1. The number of aliphatic hydroxyl groups excluding tert-OH is 5. The van der Waals surface area contributed by atoms with Gasteiger partial charge in [0.25, 0.3) is 0 Å². The minimum atomic E-state index is -1.59. The van der Waals surface area contributed by atoms with Gasteiger partial charge in [0.1, 0.15) is 48.8 Å². The molecule has 0 aromatic heterocycles. The summed E-state index contributed by atoms with van der Waals surface area (Å²) in [6.45, 7) is 9.47. The van der Waals surface area contributed by atoms with Crippen LogP contribution in [0, 0.1) is 23.2 Å². The Bertz CT molecular complexity index is 1750. The summed E-state index contributed by atoms with van der Waals surface area (Å²) in [5.41, 5.74) is 2.35. The third-order valence-electron chi connectivity index (χ3n) is 16.3. The third kappa shape index (κ3) is 9.28. The van der Waals surface area contributed by atoms with Crippen LogP contribution >= 0.6 is 0 Å². The fourth-order valence-electron chi connectivity index (χ4n) is 12.5. The Morgan fingerprint density at radius 3 is 2.08 bits per heavy atom. The highest BCUT2D eigenvalue weighted by Gasteiger charge is 2.58. The van der Waals surface area contributed by atoms with E-state index < -0.39 is 111 Å². The van der Waals surface area contributed by atoms with Gasteiger partial charge in [0, 0.05) is 40.4 Å². The summed E-state index contributed by atoms with van der Waals surface area (Å²) in [6.07, 6.45) is -5.73. The predicted molar refractivity (Wildman–Crippen MR) is 225 cm³/mol. The molecule has 1 saturated carbocycles. The summed E-state index contributed by atoms with van der Waals surface area (Å²) in [4.78, 5) is 13.8. The molecule has 374 valence electrons. The van der Waals surface area contributed by atoms with Gasteiger partial charge >= 0.3 is 5.97 Å². The SMILES string of the molecule is CO[C@@H]1C[C@H](O[C@H]2CC[C@@]3(C)C(=CC[C@H]4C(=O)O[C@@H]5CO[C@]6(C)OC=C(CC[C@@H]43)[C@H]56)C2)O[C@H](C)[C@H]1O[C@H]1C[C@H](O)[C@H](O[C@H]2C[C@@H](OC)[C@@H](O[C@@H]3O[C@H](CO)[C@@H](O)[C@H](O)[C@H]3O)[C@H](C)O2)[C@@H](C)O1. The summed E-state index contributed by atoms with van der Waals surface area (Å²) in [5, 5.41) is 52.0. The highest BCUT2D eigenvalue weighted by atomic mass is 16.8. The van der Waals surface area contributed by atoms with E-state index in [1.807, 2.05) is 20.1 Å². The van der Waals surface area contributed by atoms with E-state index in [1.54, 1.807) is 21.0 Å². The Hall–Kier alpha value is -1.89. The lowest BCUT2D eigenvalue weighted by Gasteiger charge is -2.51. The van der Waals surface area contributed by atoms with Gasteiger partial charge in [-0.2, -0.15) is 0 Å². The van der Waals surface area contributed by atoms with Gasteiger partial charge in [-0.15, -0.1) is 0 Å². The van der Waals surface area contributed by atoms with Gasteiger partial charge < -0.3 is 87.1 Å². The molecule has 66 heavy (non-hydrogen) atoms. The minimum Gasteiger partial charge on any atom is -0.469 e. The largest absolute Gasteiger partial charge is 0.469 e. The van der Waals surface area contributed by atoms with Gasteiger partial charge in [0.15, 0.2) is 25.2 Å². The van der Waals surface area contributed by atoms with Crippen LogP contribution in [0.15, 0.2) is 23.5 Å². The molecule has 6 saturated heterocycles. The maximum Gasteiger partial charge on any atom is 0.309 e. The fraction of sp³-hybridized carbons (Fsp3) is 0.894. The topological polar surface area (TPSA) is 238 Å². The zero-order chi connectivity index (χ0) is 46.8. The van der Waals surface area contributed by atoms with Crippen LogP contribution in [0.4, 0.5) is 0 Å². The normalized spacial score (nSPS) is 51.7. The van der Waals surface area contributed by atoms with Crippen LogP contribution < -0.4 is 0 Å². The van der Waals surface area contributed by atoms with Crippen molar-refractivity contribution in [1.29, 1.82) is 0 Å². The number of hydrogen-bond donors (Lipinski definition) is 5. The molecule has 7 aliphatic heterocycles. The number of carbonyl (C=O) groups excluding carboxylic acids is 1. The first-order valence-corrected chi connectivity index (χ1v) is 24.1. The van der Waals surface area contributed by atoms with Crippen LogP contribution in [0.1, 0.15) is 92.4 Å². The van der Waals surface area contributed by atoms with Crippen molar-refractivity contribution in [1.82, 2.24) is 0 Å². The second-order valence-electron chi connectivity index (χ2n) is 20.4.